The Labute approximate surface area is 128 Å². The number of benzene rings is 2. The highest BCUT2D eigenvalue weighted by Crippen LogP contribution is 2.22. The summed E-state index contributed by atoms with van der Waals surface area (Å²) in [5.74, 6) is -0.496. The van der Waals surface area contributed by atoms with Crippen molar-refractivity contribution in [2.45, 2.75) is 11.8 Å². The highest BCUT2D eigenvalue weighted by atomic mass is 32.2. The number of rotatable bonds is 2. The van der Waals surface area contributed by atoms with Crippen molar-refractivity contribution in [3.8, 4) is 0 Å². The Hall–Kier alpha value is -2.47. The zero-order valence-corrected chi connectivity index (χ0v) is 12.7. The largest absolute Gasteiger partial charge is 0.289 e. The number of hydrazone groups is 1. The second kappa shape index (κ2) is 5.38. The molecular weight excluding hydrogens is 300 g/mol. The minimum atomic E-state index is -3.89. The topological polar surface area (TPSA) is 66.8 Å². The van der Waals surface area contributed by atoms with Crippen LogP contribution in [0.4, 0.5) is 5.69 Å². The first kappa shape index (κ1) is 14.5. The predicted octanol–water partition coefficient (Wildman–Crippen LogP) is 2.17. The highest BCUT2D eigenvalue weighted by molar-refractivity contribution is 8.08. The number of hydrogen-bond donors (Lipinski definition) is 0. The Balaban J connectivity index is 2.00. The lowest BCUT2D eigenvalue weighted by atomic mass is 10.2. The first-order chi connectivity index (χ1) is 10.5. The van der Waals surface area contributed by atoms with E-state index in [0.717, 1.165) is 5.56 Å². The molecule has 112 valence electrons. The summed E-state index contributed by atoms with van der Waals surface area (Å²) in [5, 5.41) is 5.03. The lowest BCUT2D eigenvalue weighted by Gasteiger charge is -2.11. The Morgan fingerprint density at radius 1 is 1.00 bits per heavy atom. The monoisotopic (exact) mass is 314 g/mol. The fourth-order valence-corrected chi connectivity index (χ4v) is 3.47. The van der Waals surface area contributed by atoms with Crippen LogP contribution >= 0.6 is 0 Å². The summed E-state index contributed by atoms with van der Waals surface area (Å²) in [6, 6.07) is 15.4. The van der Waals surface area contributed by atoms with Crippen LogP contribution in [0.2, 0.25) is 0 Å². The number of Topliss-reactive ketones (excluding diaryl/α,β-unsaturated/α-hetero) is 1. The summed E-state index contributed by atoms with van der Waals surface area (Å²) in [6.45, 7) is 1.80. The molecule has 5 nitrogen and oxygen atoms in total. The number of para-hydroxylation sites is 1. The van der Waals surface area contributed by atoms with E-state index in [1.165, 1.54) is 17.1 Å². The third-order valence-corrected chi connectivity index (χ3v) is 5.09. The summed E-state index contributed by atoms with van der Waals surface area (Å²) in [6.07, 6.45) is 0. The fraction of sp³-hybridized carbons (Fsp3) is 0.125. The molecule has 22 heavy (non-hydrogen) atoms. The minimum Gasteiger partial charge on any atom is -0.289 e. The number of anilines is 1. The molecule has 1 aliphatic rings. The van der Waals surface area contributed by atoms with Crippen molar-refractivity contribution in [1.29, 1.82) is 0 Å². The molecule has 0 saturated heterocycles. The van der Waals surface area contributed by atoms with Crippen LogP contribution in [0, 0.1) is 6.92 Å². The van der Waals surface area contributed by atoms with Gasteiger partial charge in [-0.2, -0.15) is 5.10 Å². The van der Waals surface area contributed by atoms with Crippen LogP contribution in [-0.4, -0.2) is 25.8 Å². The average Bonchev–Trinajstić information content (AvgIpc) is 2.91. The van der Waals surface area contributed by atoms with Crippen molar-refractivity contribution in [2.24, 2.45) is 5.10 Å². The SMILES string of the molecule is Cc1ccc(S(=O)(=O)C2=NN(c3ccccc3)CC2=O)cc1. The zero-order chi connectivity index (χ0) is 15.7. The normalized spacial score (nSPS) is 15.0. The number of nitrogens with zero attached hydrogens (tertiary/aromatic N) is 2. The van der Waals surface area contributed by atoms with Gasteiger partial charge in [-0.15, -0.1) is 0 Å². The number of sulfone groups is 1. The van der Waals surface area contributed by atoms with Crippen molar-refractivity contribution in [1.82, 2.24) is 0 Å². The van der Waals surface area contributed by atoms with Gasteiger partial charge in [0.15, 0.2) is 0 Å². The third-order valence-electron chi connectivity index (χ3n) is 3.38. The van der Waals surface area contributed by atoms with E-state index in [4.69, 9.17) is 0 Å². The molecule has 1 aliphatic heterocycles. The lowest BCUT2D eigenvalue weighted by molar-refractivity contribution is -0.111. The number of ketones is 1. The molecule has 0 atom stereocenters. The molecule has 0 aromatic heterocycles. The molecule has 0 saturated carbocycles. The van der Waals surface area contributed by atoms with Crippen molar-refractivity contribution < 1.29 is 13.2 Å². The van der Waals surface area contributed by atoms with Gasteiger partial charge in [0.2, 0.25) is 20.7 Å². The summed E-state index contributed by atoms with van der Waals surface area (Å²) in [5.41, 5.74) is 1.63. The van der Waals surface area contributed by atoms with Crippen molar-refractivity contribution in [2.75, 3.05) is 11.6 Å². The molecule has 2 aromatic rings. The fourth-order valence-electron chi connectivity index (χ4n) is 2.19. The van der Waals surface area contributed by atoms with Crippen molar-refractivity contribution >= 4 is 26.4 Å². The average molecular weight is 314 g/mol. The molecule has 6 heteroatoms. The maximum Gasteiger partial charge on any atom is 0.229 e. The molecular formula is C16H14N2O3S. The maximum absolute atomic E-state index is 12.6. The third kappa shape index (κ3) is 2.53. The predicted molar refractivity (Wildman–Crippen MR) is 84.6 cm³/mol. The quantitative estimate of drug-likeness (QED) is 0.852. The van der Waals surface area contributed by atoms with Crippen LogP contribution in [0.3, 0.4) is 0 Å². The molecule has 0 radical (unpaired) electrons. The number of carbonyl (C=O) groups excluding carboxylic acids is 1. The molecule has 0 aliphatic carbocycles. The van der Waals surface area contributed by atoms with Gasteiger partial charge in [-0.1, -0.05) is 35.9 Å². The number of aryl methyl sites for hydroxylation is 1. The minimum absolute atomic E-state index is 0.0650. The first-order valence-corrected chi connectivity index (χ1v) is 8.23. The van der Waals surface area contributed by atoms with E-state index < -0.39 is 20.7 Å². The molecule has 0 unspecified atom stereocenters. The smallest absolute Gasteiger partial charge is 0.229 e. The van der Waals surface area contributed by atoms with E-state index in [0.29, 0.717) is 5.69 Å². The second-order valence-electron chi connectivity index (χ2n) is 5.04. The molecule has 0 fully saturated rings. The molecule has 0 bridgehead atoms. The van der Waals surface area contributed by atoms with E-state index >= 15 is 0 Å². The van der Waals surface area contributed by atoms with Gasteiger partial charge >= 0.3 is 0 Å². The summed E-state index contributed by atoms with van der Waals surface area (Å²) >= 11 is 0. The first-order valence-electron chi connectivity index (χ1n) is 6.74. The summed E-state index contributed by atoms with van der Waals surface area (Å²) in [4.78, 5) is 12.2. The van der Waals surface area contributed by atoms with Crippen LogP contribution in [0.25, 0.3) is 0 Å². The van der Waals surface area contributed by atoms with Gasteiger partial charge in [0.25, 0.3) is 0 Å². The van der Waals surface area contributed by atoms with E-state index in [2.05, 4.69) is 5.10 Å². The van der Waals surface area contributed by atoms with Gasteiger partial charge in [-0.25, -0.2) is 8.42 Å². The molecule has 1 heterocycles. The van der Waals surface area contributed by atoms with Crippen LogP contribution in [0.5, 0.6) is 0 Å². The molecule has 0 amide bonds. The van der Waals surface area contributed by atoms with E-state index in [9.17, 15) is 13.2 Å². The lowest BCUT2D eigenvalue weighted by Crippen LogP contribution is -2.24. The maximum atomic E-state index is 12.6. The standard InChI is InChI=1S/C16H14N2O3S/c1-12-7-9-14(10-8-12)22(20,21)16-15(19)11-18(17-16)13-5-3-2-4-6-13/h2-10H,11H2,1H3. The van der Waals surface area contributed by atoms with Gasteiger partial charge in [-0.05, 0) is 31.2 Å². The van der Waals surface area contributed by atoms with Gasteiger partial charge in [0.05, 0.1) is 10.6 Å². The van der Waals surface area contributed by atoms with Crippen molar-refractivity contribution in [3.63, 3.8) is 0 Å². The van der Waals surface area contributed by atoms with Gasteiger partial charge in [-0.3, -0.25) is 9.80 Å². The van der Waals surface area contributed by atoms with Gasteiger partial charge in [0.1, 0.15) is 6.54 Å². The van der Waals surface area contributed by atoms with Crippen LogP contribution in [0.1, 0.15) is 5.56 Å². The van der Waals surface area contributed by atoms with Crippen LogP contribution < -0.4 is 5.01 Å². The second-order valence-corrected chi connectivity index (χ2v) is 6.90. The van der Waals surface area contributed by atoms with Crippen LogP contribution in [0.15, 0.2) is 64.6 Å². The molecule has 2 aromatic carbocycles. The Kier molecular flexibility index (Phi) is 3.54. The van der Waals surface area contributed by atoms with E-state index in [1.54, 1.807) is 24.3 Å². The Bertz CT molecular complexity index is 841. The van der Waals surface area contributed by atoms with Crippen molar-refractivity contribution in [3.05, 3.63) is 60.2 Å². The van der Waals surface area contributed by atoms with Crippen LogP contribution in [-0.2, 0) is 14.6 Å². The molecule has 0 spiro atoms. The van der Waals surface area contributed by atoms with Gasteiger partial charge in [0, 0.05) is 0 Å². The van der Waals surface area contributed by atoms with E-state index in [-0.39, 0.29) is 11.4 Å². The highest BCUT2D eigenvalue weighted by Gasteiger charge is 2.35. The Morgan fingerprint density at radius 3 is 2.27 bits per heavy atom. The van der Waals surface area contributed by atoms with Gasteiger partial charge < -0.3 is 0 Å². The van der Waals surface area contributed by atoms with E-state index in [1.807, 2.05) is 25.1 Å². The number of hydrogen-bond acceptors (Lipinski definition) is 5. The molecule has 0 N–H and O–H groups in total. The Morgan fingerprint density at radius 2 is 1.64 bits per heavy atom. The molecule has 3 rings (SSSR count). The number of carbonyl (C=O) groups is 1. The zero-order valence-electron chi connectivity index (χ0n) is 11.9. The summed E-state index contributed by atoms with van der Waals surface area (Å²) < 4.78 is 25.1. The summed E-state index contributed by atoms with van der Waals surface area (Å²) in [7, 11) is -3.89.